The maximum absolute atomic E-state index is 13.9. The van der Waals surface area contributed by atoms with Crippen LogP contribution in [0.2, 0.25) is 0 Å². The van der Waals surface area contributed by atoms with Crippen LogP contribution in [0.1, 0.15) is 16.9 Å². The summed E-state index contributed by atoms with van der Waals surface area (Å²) in [6, 6.07) is 12.4. The third-order valence-corrected chi connectivity index (χ3v) is 7.02. The summed E-state index contributed by atoms with van der Waals surface area (Å²) in [5.41, 5.74) is 5.30. The Balaban J connectivity index is 1.57. The Morgan fingerprint density at radius 3 is 2.46 bits per heavy atom. The summed E-state index contributed by atoms with van der Waals surface area (Å²) in [7, 11) is -3.87. The summed E-state index contributed by atoms with van der Waals surface area (Å²) >= 11 is 0. The van der Waals surface area contributed by atoms with Crippen LogP contribution in [0.25, 0.3) is 28.2 Å². The largest absolute Gasteiger partial charge is 0.459 e. The summed E-state index contributed by atoms with van der Waals surface area (Å²) in [6.45, 7) is -0.709. The molecule has 0 atom stereocenters. The van der Waals surface area contributed by atoms with Gasteiger partial charge in [-0.05, 0) is 65.2 Å². The maximum atomic E-state index is 13.9. The lowest BCUT2D eigenvalue weighted by Gasteiger charge is -2.11. The van der Waals surface area contributed by atoms with E-state index in [0.29, 0.717) is 16.9 Å². The summed E-state index contributed by atoms with van der Waals surface area (Å²) in [5.74, 6) is -0.0492. The highest BCUT2D eigenvalue weighted by molar-refractivity contribution is 7.89. The van der Waals surface area contributed by atoms with Gasteiger partial charge in [0.05, 0.1) is 23.6 Å². The second kappa shape index (κ2) is 11.3. The van der Waals surface area contributed by atoms with Gasteiger partial charge in [0.25, 0.3) is 0 Å². The lowest BCUT2D eigenvalue weighted by molar-refractivity contribution is -0.136. The van der Waals surface area contributed by atoms with Gasteiger partial charge in [0.15, 0.2) is 0 Å². The number of furan rings is 1. The van der Waals surface area contributed by atoms with Crippen LogP contribution in [0.15, 0.2) is 76.2 Å². The number of pyridine rings is 1. The third kappa shape index (κ3) is 6.82. The molecule has 0 aliphatic carbocycles. The third-order valence-electron chi connectivity index (χ3n) is 5.55. The van der Waals surface area contributed by atoms with E-state index >= 15 is 0 Å². The summed E-state index contributed by atoms with van der Waals surface area (Å²) < 4.78 is 73.8. The molecule has 1 amide bonds. The fourth-order valence-corrected chi connectivity index (χ4v) is 4.70. The van der Waals surface area contributed by atoms with Crippen LogP contribution in [-0.2, 0) is 27.5 Å². The number of fused-ring (bicyclic) bond motifs is 1. The van der Waals surface area contributed by atoms with Crippen molar-refractivity contribution in [2.45, 2.75) is 17.6 Å². The molecule has 0 unspecified atom stereocenters. The first-order valence-corrected chi connectivity index (χ1v) is 13.0. The average Bonchev–Trinajstić information content (AvgIpc) is 3.32. The molecule has 2 aromatic carbocycles. The van der Waals surface area contributed by atoms with Crippen LogP contribution in [0.4, 0.5) is 19.0 Å². The van der Waals surface area contributed by atoms with E-state index in [-0.39, 0.29) is 46.9 Å². The number of hydrogen-bond acceptors (Lipinski definition) is 7. The van der Waals surface area contributed by atoms with Gasteiger partial charge in [0.1, 0.15) is 17.2 Å². The van der Waals surface area contributed by atoms with Gasteiger partial charge in [0.2, 0.25) is 15.9 Å². The number of nitrogens with two attached hydrogens (primary N) is 1. The van der Waals surface area contributed by atoms with Gasteiger partial charge < -0.3 is 20.6 Å². The molecule has 0 radical (unpaired) electrons. The fraction of sp³-hybridized carbons (Fsp3) is 0.154. The number of nitrogens with one attached hydrogen (secondary N) is 2. The molecule has 2 aromatic heterocycles. The Hall–Kier alpha value is -4.20. The first-order chi connectivity index (χ1) is 18.5. The van der Waals surface area contributed by atoms with E-state index in [1.54, 1.807) is 12.1 Å². The number of nitrogen functional groups attached to an aromatic ring is 1. The molecule has 13 heteroatoms. The quantitative estimate of drug-likeness (QED) is 0.228. The van der Waals surface area contributed by atoms with Crippen molar-refractivity contribution in [1.29, 1.82) is 0 Å². The highest BCUT2D eigenvalue weighted by Crippen LogP contribution is 2.39. The zero-order chi connectivity index (χ0) is 28.2. The number of alkyl halides is 3. The molecule has 5 N–H and O–H groups in total. The normalized spacial score (nSPS) is 12.3. The van der Waals surface area contributed by atoms with E-state index in [4.69, 9.17) is 15.3 Å². The predicted octanol–water partition coefficient (Wildman–Crippen LogP) is 3.70. The second-order valence-electron chi connectivity index (χ2n) is 8.37. The van der Waals surface area contributed by atoms with Gasteiger partial charge in [-0.3, -0.25) is 4.79 Å². The number of hydrogen-bond donors (Lipinski definition) is 4. The predicted molar refractivity (Wildman–Crippen MR) is 138 cm³/mol. The van der Waals surface area contributed by atoms with Gasteiger partial charge in [-0.2, -0.15) is 13.2 Å². The molecule has 9 nitrogen and oxygen atoms in total. The van der Waals surface area contributed by atoms with Gasteiger partial charge in [-0.1, -0.05) is 12.1 Å². The lowest BCUT2D eigenvalue weighted by atomic mass is 10.0. The van der Waals surface area contributed by atoms with Crippen molar-refractivity contribution in [3.63, 3.8) is 0 Å². The zero-order valence-electron chi connectivity index (χ0n) is 20.2. The number of carbonyl (C=O) groups excluding carboxylic acids is 1. The van der Waals surface area contributed by atoms with E-state index in [9.17, 15) is 26.4 Å². The number of nitrogens with zero attached hydrogens (tertiary/aromatic N) is 1. The number of amides is 1. The van der Waals surface area contributed by atoms with E-state index in [0.717, 1.165) is 6.07 Å². The first kappa shape index (κ1) is 27.8. The molecule has 0 aliphatic heterocycles. The lowest BCUT2D eigenvalue weighted by Crippen LogP contribution is -2.26. The number of rotatable bonds is 9. The topological polar surface area (TPSA) is 148 Å². The van der Waals surface area contributed by atoms with Gasteiger partial charge in [0, 0.05) is 24.2 Å². The standard InChI is InChI=1S/C26H23F3N4O5S/c27-26(28,29)22-13-18(17-3-5-21(6-4-17)39(36,37)33-9-10-34)11-19-12-20(38-25(19)22)15-32-24(35)8-2-16-1-7-23(30)31-14-16/h1-8,11-14,33-34H,9-10,15H2,(H2,30,31)(H,32,35)/b8-2+. The van der Waals surface area contributed by atoms with Crippen molar-refractivity contribution in [2.24, 2.45) is 0 Å². The minimum Gasteiger partial charge on any atom is -0.459 e. The Morgan fingerprint density at radius 1 is 1.08 bits per heavy atom. The smallest absolute Gasteiger partial charge is 0.420 e. The molecular formula is C26H23F3N4O5S. The molecule has 0 aliphatic rings. The van der Waals surface area contributed by atoms with Crippen LogP contribution in [0, 0.1) is 0 Å². The van der Waals surface area contributed by atoms with E-state index < -0.39 is 27.7 Å². The number of aliphatic hydroxyl groups is 1. The number of halogens is 3. The molecule has 0 bridgehead atoms. The number of benzene rings is 2. The molecule has 0 spiro atoms. The second-order valence-corrected chi connectivity index (χ2v) is 10.1. The molecule has 4 aromatic rings. The molecule has 4 rings (SSSR count). The van der Waals surface area contributed by atoms with Crippen molar-refractivity contribution in [1.82, 2.24) is 15.0 Å². The van der Waals surface area contributed by atoms with Gasteiger partial charge >= 0.3 is 6.18 Å². The molecule has 0 saturated carbocycles. The molecule has 0 saturated heterocycles. The SMILES string of the molecule is Nc1ccc(/C=C/C(=O)NCc2cc3cc(-c4ccc(S(=O)(=O)NCCO)cc4)cc(C(F)(F)F)c3o2)cn1. The Kier molecular flexibility index (Phi) is 8.04. The minimum atomic E-state index is -4.74. The molecule has 39 heavy (non-hydrogen) atoms. The number of anilines is 1. The van der Waals surface area contributed by atoms with Gasteiger partial charge in [-0.25, -0.2) is 18.1 Å². The monoisotopic (exact) mass is 560 g/mol. The summed E-state index contributed by atoms with van der Waals surface area (Å²) in [5, 5.41) is 11.5. The number of sulfonamides is 1. The number of aliphatic hydroxyl groups excluding tert-OH is 1. The van der Waals surface area contributed by atoms with Crippen molar-refractivity contribution >= 4 is 38.8 Å². The summed E-state index contributed by atoms with van der Waals surface area (Å²) in [6.07, 6.45) is -0.499. The van der Waals surface area contributed by atoms with E-state index in [1.165, 1.54) is 54.7 Å². The van der Waals surface area contributed by atoms with Crippen LogP contribution < -0.4 is 15.8 Å². The van der Waals surface area contributed by atoms with Crippen molar-refractivity contribution in [2.75, 3.05) is 18.9 Å². The Bertz CT molecular complexity index is 1610. The molecule has 204 valence electrons. The molecule has 0 fully saturated rings. The van der Waals surface area contributed by atoms with E-state index in [2.05, 4.69) is 15.0 Å². The van der Waals surface area contributed by atoms with Crippen LogP contribution in [-0.4, -0.2) is 37.6 Å². The highest BCUT2D eigenvalue weighted by Gasteiger charge is 2.35. The van der Waals surface area contributed by atoms with Crippen molar-refractivity contribution in [3.05, 3.63) is 83.8 Å². The average molecular weight is 561 g/mol. The zero-order valence-corrected chi connectivity index (χ0v) is 21.0. The number of aromatic nitrogens is 1. The van der Waals surface area contributed by atoms with Crippen molar-refractivity contribution < 1.29 is 35.9 Å². The fourth-order valence-electron chi connectivity index (χ4n) is 3.68. The van der Waals surface area contributed by atoms with Crippen LogP contribution >= 0.6 is 0 Å². The van der Waals surface area contributed by atoms with Crippen molar-refractivity contribution in [3.8, 4) is 11.1 Å². The van der Waals surface area contributed by atoms with Crippen LogP contribution in [0.3, 0.4) is 0 Å². The summed E-state index contributed by atoms with van der Waals surface area (Å²) in [4.78, 5) is 16.0. The molecule has 2 heterocycles. The first-order valence-electron chi connectivity index (χ1n) is 11.5. The Morgan fingerprint density at radius 2 is 1.82 bits per heavy atom. The minimum absolute atomic E-state index is 0.0973. The van der Waals surface area contributed by atoms with Crippen LogP contribution in [0.5, 0.6) is 0 Å². The van der Waals surface area contributed by atoms with Gasteiger partial charge in [-0.15, -0.1) is 0 Å². The van der Waals surface area contributed by atoms with E-state index in [1.807, 2.05) is 0 Å². The number of carbonyl (C=O) groups is 1. The highest BCUT2D eigenvalue weighted by atomic mass is 32.2. The Labute approximate surface area is 221 Å². The molecular weight excluding hydrogens is 537 g/mol. The maximum Gasteiger partial charge on any atom is 0.420 e.